The number of benzene rings is 1. The lowest BCUT2D eigenvalue weighted by molar-refractivity contribution is -0.140. The standard InChI is InChI=1S/C30H44ClN3O5/c1-20-17-32(10-11-34(20)28(36)22-8-6-7-9-22)18-24-15-25(31)14-23(21(24)2)16-26(35)27-19-33(12-13-38-27)29(37)39-30(3,4)5/h14-15,20,22,27H,6-13,16-19H2,1-5H3/t20-,27?/m0/s1. The lowest BCUT2D eigenvalue weighted by atomic mass is 9.95. The molecule has 2 amide bonds. The molecule has 9 heteroatoms. The molecule has 4 rings (SSSR count). The number of hydrogen-bond acceptors (Lipinski definition) is 6. The van der Waals surface area contributed by atoms with Crippen molar-refractivity contribution in [1.29, 1.82) is 0 Å². The first-order valence-electron chi connectivity index (χ1n) is 14.3. The second-order valence-corrected chi connectivity index (χ2v) is 12.8. The maximum atomic E-state index is 13.2. The van der Waals surface area contributed by atoms with Gasteiger partial charge in [0.05, 0.1) is 13.2 Å². The minimum atomic E-state index is -0.695. The van der Waals surface area contributed by atoms with Gasteiger partial charge in [-0.3, -0.25) is 14.5 Å². The Kier molecular flexibility index (Phi) is 9.61. The quantitative estimate of drug-likeness (QED) is 0.504. The van der Waals surface area contributed by atoms with E-state index in [0.29, 0.717) is 24.1 Å². The van der Waals surface area contributed by atoms with Crippen LogP contribution in [-0.2, 0) is 32.0 Å². The normalized spacial score (nSPS) is 23.2. The molecule has 0 aromatic heterocycles. The van der Waals surface area contributed by atoms with E-state index in [0.717, 1.165) is 55.7 Å². The smallest absolute Gasteiger partial charge is 0.410 e. The molecular formula is C30H44ClN3O5. The predicted molar refractivity (Wildman–Crippen MR) is 151 cm³/mol. The van der Waals surface area contributed by atoms with Gasteiger partial charge < -0.3 is 19.3 Å². The minimum Gasteiger partial charge on any atom is -0.444 e. The Balaban J connectivity index is 1.37. The molecule has 0 radical (unpaired) electrons. The van der Waals surface area contributed by atoms with Crippen LogP contribution in [0.25, 0.3) is 0 Å². The van der Waals surface area contributed by atoms with Crippen LogP contribution in [-0.4, -0.2) is 89.6 Å². The molecule has 39 heavy (non-hydrogen) atoms. The maximum absolute atomic E-state index is 13.2. The number of morpholine rings is 1. The van der Waals surface area contributed by atoms with Gasteiger partial charge in [0.1, 0.15) is 11.7 Å². The number of halogens is 1. The fourth-order valence-corrected chi connectivity index (χ4v) is 6.20. The van der Waals surface area contributed by atoms with Gasteiger partial charge in [-0.2, -0.15) is 0 Å². The van der Waals surface area contributed by atoms with Crippen molar-refractivity contribution >= 4 is 29.4 Å². The Bertz CT molecular complexity index is 1070. The molecule has 1 aliphatic carbocycles. The van der Waals surface area contributed by atoms with Crippen LogP contribution < -0.4 is 0 Å². The third-order valence-corrected chi connectivity index (χ3v) is 8.34. The van der Waals surface area contributed by atoms with Crippen molar-refractivity contribution < 1.29 is 23.9 Å². The van der Waals surface area contributed by atoms with E-state index in [1.54, 1.807) is 4.90 Å². The van der Waals surface area contributed by atoms with Crippen molar-refractivity contribution in [2.24, 2.45) is 5.92 Å². The van der Waals surface area contributed by atoms with Gasteiger partial charge in [-0.1, -0.05) is 24.4 Å². The van der Waals surface area contributed by atoms with Crippen LogP contribution in [0.1, 0.15) is 70.1 Å². The molecule has 1 aromatic carbocycles. The highest BCUT2D eigenvalue weighted by Gasteiger charge is 2.34. The van der Waals surface area contributed by atoms with Crippen LogP contribution in [0.2, 0.25) is 5.02 Å². The predicted octanol–water partition coefficient (Wildman–Crippen LogP) is 4.62. The summed E-state index contributed by atoms with van der Waals surface area (Å²) in [5.41, 5.74) is 2.42. The van der Waals surface area contributed by atoms with Gasteiger partial charge in [0, 0.05) is 56.1 Å². The van der Waals surface area contributed by atoms with Crippen molar-refractivity contribution in [3.63, 3.8) is 0 Å². The van der Waals surface area contributed by atoms with Crippen LogP contribution in [0.15, 0.2) is 12.1 Å². The zero-order valence-electron chi connectivity index (χ0n) is 24.1. The van der Waals surface area contributed by atoms with Gasteiger partial charge in [0.2, 0.25) is 5.91 Å². The van der Waals surface area contributed by atoms with Crippen LogP contribution >= 0.6 is 11.6 Å². The number of amides is 2. The van der Waals surface area contributed by atoms with Crippen LogP contribution in [0.5, 0.6) is 0 Å². The summed E-state index contributed by atoms with van der Waals surface area (Å²) in [5.74, 6) is 0.459. The van der Waals surface area contributed by atoms with Gasteiger partial charge in [0.15, 0.2) is 5.78 Å². The number of piperazine rings is 1. The van der Waals surface area contributed by atoms with E-state index in [4.69, 9.17) is 21.1 Å². The van der Waals surface area contributed by atoms with E-state index in [1.807, 2.05) is 39.8 Å². The largest absolute Gasteiger partial charge is 0.444 e. The van der Waals surface area contributed by atoms with Gasteiger partial charge in [-0.15, -0.1) is 0 Å². The molecule has 0 spiro atoms. The summed E-state index contributed by atoms with van der Waals surface area (Å²) in [6.07, 6.45) is 3.45. The number of nitrogens with zero attached hydrogens (tertiary/aromatic N) is 3. The number of ether oxygens (including phenoxy) is 2. The monoisotopic (exact) mass is 561 g/mol. The van der Waals surface area contributed by atoms with E-state index in [1.165, 1.54) is 12.8 Å². The third-order valence-electron chi connectivity index (χ3n) is 8.12. The van der Waals surface area contributed by atoms with Crippen LogP contribution in [0.4, 0.5) is 4.79 Å². The summed E-state index contributed by atoms with van der Waals surface area (Å²) in [6.45, 7) is 13.6. The summed E-state index contributed by atoms with van der Waals surface area (Å²) in [7, 11) is 0. The van der Waals surface area contributed by atoms with Crippen LogP contribution in [0, 0.1) is 12.8 Å². The minimum absolute atomic E-state index is 0.0766. The Morgan fingerprint density at radius 2 is 1.74 bits per heavy atom. The van der Waals surface area contributed by atoms with Crippen molar-refractivity contribution in [3.8, 4) is 0 Å². The number of hydrogen-bond donors (Lipinski definition) is 0. The van der Waals surface area contributed by atoms with Crippen LogP contribution in [0.3, 0.4) is 0 Å². The molecule has 0 bridgehead atoms. The van der Waals surface area contributed by atoms with Crippen molar-refractivity contribution in [3.05, 3.63) is 33.8 Å². The summed E-state index contributed by atoms with van der Waals surface area (Å²) < 4.78 is 11.2. The van der Waals surface area contributed by atoms with E-state index in [-0.39, 0.29) is 30.7 Å². The number of rotatable bonds is 6. The van der Waals surface area contributed by atoms with Gasteiger partial charge in [-0.05, 0) is 76.3 Å². The highest BCUT2D eigenvalue weighted by Crippen LogP contribution is 2.29. The molecule has 3 fully saturated rings. The van der Waals surface area contributed by atoms with Gasteiger partial charge in [0.25, 0.3) is 0 Å². The maximum Gasteiger partial charge on any atom is 0.410 e. The van der Waals surface area contributed by atoms with Crippen molar-refractivity contribution in [1.82, 2.24) is 14.7 Å². The molecule has 216 valence electrons. The zero-order valence-corrected chi connectivity index (χ0v) is 24.9. The highest BCUT2D eigenvalue weighted by molar-refractivity contribution is 6.30. The van der Waals surface area contributed by atoms with E-state index >= 15 is 0 Å². The van der Waals surface area contributed by atoms with Gasteiger partial charge in [-0.25, -0.2) is 4.79 Å². The molecule has 2 atom stereocenters. The fraction of sp³-hybridized carbons (Fsp3) is 0.700. The number of ketones is 1. The lowest BCUT2D eigenvalue weighted by Crippen LogP contribution is -2.54. The lowest BCUT2D eigenvalue weighted by Gasteiger charge is -2.41. The number of carbonyl (C=O) groups excluding carboxylic acids is 3. The first kappa shape index (κ1) is 29.8. The van der Waals surface area contributed by atoms with E-state index in [2.05, 4.69) is 16.7 Å². The second-order valence-electron chi connectivity index (χ2n) is 12.4. The zero-order chi connectivity index (χ0) is 28.3. The topological polar surface area (TPSA) is 79.4 Å². The van der Waals surface area contributed by atoms with Gasteiger partial charge >= 0.3 is 6.09 Å². The first-order chi connectivity index (χ1) is 18.4. The molecule has 2 heterocycles. The average molecular weight is 562 g/mol. The van der Waals surface area contributed by atoms with E-state index in [9.17, 15) is 14.4 Å². The Morgan fingerprint density at radius 1 is 1.05 bits per heavy atom. The third kappa shape index (κ3) is 7.74. The molecule has 2 aliphatic heterocycles. The molecule has 0 N–H and O–H groups in total. The molecule has 1 aromatic rings. The second kappa shape index (κ2) is 12.6. The van der Waals surface area contributed by atoms with E-state index < -0.39 is 17.8 Å². The van der Waals surface area contributed by atoms with Crippen molar-refractivity contribution in [2.45, 2.75) is 91.0 Å². The summed E-state index contributed by atoms with van der Waals surface area (Å²) >= 11 is 6.52. The first-order valence-corrected chi connectivity index (χ1v) is 14.7. The SMILES string of the molecule is Cc1c(CC(=O)C2CN(C(=O)OC(C)(C)C)CCO2)cc(Cl)cc1CN1CCN(C(=O)C2CCCC2)[C@@H](C)C1. The van der Waals surface area contributed by atoms with Crippen molar-refractivity contribution in [2.75, 3.05) is 39.3 Å². The highest BCUT2D eigenvalue weighted by atomic mass is 35.5. The summed E-state index contributed by atoms with van der Waals surface area (Å²) in [4.78, 5) is 44.7. The summed E-state index contributed by atoms with van der Waals surface area (Å²) in [6, 6.07) is 4.00. The molecule has 1 saturated carbocycles. The molecule has 8 nitrogen and oxygen atoms in total. The Hall–Kier alpha value is -2.16. The molecule has 2 saturated heterocycles. The molecule has 1 unspecified atom stereocenters. The number of carbonyl (C=O) groups is 3. The number of Topliss-reactive ketones (excluding diaryl/α,β-unsaturated/α-hetero) is 1. The Morgan fingerprint density at radius 3 is 2.41 bits per heavy atom. The Labute approximate surface area is 237 Å². The summed E-state index contributed by atoms with van der Waals surface area (Å²) in [5, 5.41) is 0.599. The molecule has 3 aliphatic rings. The fourth-order valence-electron chi connectivity index (χ4n) is 5.94. The molecular weight excluding hydrogens is 518 g/mol. The average Bonchev–Trinajstić information content (AvgIpc) is 3.41.